The Balaban J connectivity index is 1.63. The van der Waals surface area contributed by atoms with Gasteiger partial charge in [-0.15, -0.1) is 0 Å². The van der Waals surface area contributed by atoms with Gasteiger partial charge in [0.25, 0.3) is 0 Å². The molecule has 6 atom stereocenters. The van der Waals surface area contributed by atoms with E-state index in [0.29, 0.717) is 23.0 Å². The fourth-order valence-electron chi connectivity index (χ4n) is 8.62. The van der Waals surface area contributed by atoms with Crippen LogP contribution >= 0.6 is 0 Å². The summed E-state index contributed by atoms with van der Waals surface area (Å²) in [5.41, 5.74) is 4.80. The van der Waals surface area contributed by atoms with Crippen molar-refractivity contribution in [2.24, 2.45) is 39.4 Å². The first-order valence-electron chi connectivity index (χ1n) is 13.1. The average molecular weight is 439 g/mol. The van der Waals surface area contributed by atoms with Gasteiger partial charge in [-0.05, 0) is 97.0 Å². The molecule has 0 aliphatic heterocycles. The molecule has 0 aromatic carbocycles. The largest absolute Gasteiger partial charge is 0.392 e. The molecule has 0 aromatic heterocycles. The van der Waals surface area contributed by atoms with E-state index in [1.165, 1.54) is 25.7 Å². The molecule has 0 bridgehead atoms. The predicted octanol–water partition coefficient (Wildman–Crippen LogP) is 7.44. The first-order valence-corrected chi connectivity index (χ1v) is 13.1. The number of aliphatic hydroxyl groups excluding tert-OH is 1. The lowest BCUT2D eigenvalue weighted by Crippen LogP contribution is -2.53. The van der Waals surface area contributed by atoms with Crippen LogP contribution in [0.3, 0.4) is 0 Å². The molecule has 32 heavy (non-hydrogen) atoms. The van der Waals surface area contributed by atoms with E-state index < -0.39 is 0 Å². The van der Waals surface area contributed by atoms with Gasteiger partial charge in [0.05, 0.1) is 6.61 Å². The van der Waals surface area contributed by atoms with Crippen LogP contribution in [0.5, 0.6) is 0 Å². The minimum atomic E-state index is -0.218. The van der Waals surface area contributed by atoms with Crippen molar-refractivity contribution in [3.63, 3.8) is 0 Å². The maximum Gasteiger partial charge on any atom is 0.138 e. The van der Waals surface area contributed by atoms with Crippen molar-refractivity contribution in [2.45, 2.75) is 99.8 Å². The predicted molar refractivity (Wildman–Crippen MR) is 133 cm³/mol. The number of carbonyl (C=O) groups is 1. The van der Waals surface area contributed by atoms with Gasteiger partial charge in [-0.2, -0.15) is 0 Å². The van der Waals surface area contributed by atoms with Crippen LogP contribution in [0.2, 0.25) is 0 Å². The lowest BCUT2D eigenvalue weighted by Gasteiger charge is -2.59. The molecule has 0 unspecified atom stereocenters. The molecule has 2 saturated carbocycles. The van der Waals surface area contributed by atoms with E-state index in [4.69, 9.17) is 0 Å². The molecule has 0 radical (unpaired) electrons. The summed E-state index contributed by atoms with van der Waals surface area (Å²) >= 11 is 0. The molecule has 0 saturated heterocycles. The fourth-order valence-corrected chi connectivity index (χ4v) is 8.62. The number of aliphatic hydroxyl groups is 1. The van der Waals surface area contributed by atoms with Crippen molar-refractivity contribution in [2.75, 3.05) is 6.61 Å². The summed E-state index contributed by atoms with van der Waals surface area (Å²) in [6.45, 7) is 16.7. The molecule has 2 nitrogen and oxygen atoms in total. The zero-order valence-electron chi connectivity index (χ0n) is 21.7. The van der Waals surface area contributed by atoms with Crippen molar-refractivity contribution < 1.29 is 9.90 Å². The molecule has 4 aliphatic rings. The van der Waals surface area contributed by atoms with E-state index >= 15 is 0 Å². The zero-order valence-corrected chi connectivity index (χ0v) is 21.7. The van der Waals surface area contributed by atoms with Gasteiger partial charge in [0.2, 0.25) is 0 Å². The second kappa shape index (κ2) is 7.97. The number of allylic oxidation sites excluding steroid dienone is 5. The van der Waals surface area contributed by atoms with E-state index in [1.54, 1.807) is 11.1 Å². The fraction of sp³-hybridized carbons (Fsp3) is 0.767. The number of hydrogen-bond donors (Lipinski definition) is 1. The second-order valence-corrected chi connectivity index (χ2v) is 12.9. The summed E-state index contributed by atoms with van der Waals surface area (Å²) < 4.78 is 0. The van der Waals surface area contributed by atoms with Gasteiger partial charge >= 0.3 is 0 Å². The topological polar surface area (TPSA) is 37.3 Å². The average Bonchev–Trinajstić information content (AvgIpc) is 3.02. The smallest absolute Gasteiger partial charge is 0.138 e. The van der Waals surface area contributed by atoms with Crippen LogP contribution in [-0.2, 0) is 4.79 Å². The van der Waals surface area contributed by atoms with Crippen LogP contribution in [0.25, 0.3) is 0 Å². The summed E-state index contributed by atoms with van der Waals surface area (Å²) in [7, 11) is 0. The minimum Gasteiger partial charge on any atom is -0.392 e. The molecule has 0 amide bonds. The van der Waals surface area contributed by atoms with E-state index in [9.17, 15) is 9.90 Å². The highest BCUT2D eigenvalue weighted by atomic mass is 16.3. The first kappa shape index (κ1) is 24.0. The van der Waals surface area contributed by atoms with Crippen LogP contribution in [-0.4, -0.2) is 17.5 Å². The summed E-state index contributed by atoms with van der Waals surface area (Å²) in [4.78, 5) is 12.8. The molecule has 0 spiro atoms. The highest BCUT2D eigenvalue weighted by molar-refractivity contribution is 5.86. The summed E-state index contributed by atoms with van der Waals surface area (Å²) in [6.07, 6.45) is 16.3. The number of carbonyl (C=O) groups excluding carboxylic acids is 1. The molecular weight excluding hydrogens is 392 g/mol. The molecular formula is C30H46O2. The SMILES string of the molecule is C/C(=C\CC[C@H](C)[C@H]1CC[C@@]2(C)C3=CC[C@H]4C(C)(C)C(=O)CC[C@]4(C)C3=CC[C@]12C)CO. The van der Waals surface area contributed by atoms with E-state index in [1.807, 2.05) is 6.92 Å². The monoisotopic (exact) mass is 438 g/mol. The van der Waals surface area contributed by atoms with E-state index in [2.05, 4.69) is 59.8 Å². The second-order valence-electron chi connectivity index (χ2n) is 12.9. The first-order chi connectivity index (χ1) is 14.9. The Bertz CT molecular complexity index is 873. The third-order valence-corrected chi connectivity index (χ3v) is 11.1. The normalized spacial score (nSPS) is 41.9. The number of hydrogen-bond acceptors (Lipinski definition) is 2. The highest BCUT2D eigenvalue weighted by Crippen LogP contribution is 2.71. The maximum absolute atomic E-state index is 12.8. The van der Waals surface area contributed by atoms with Crippen LogP contribution in [0.1, 0.15) is 99.8 Å². The summed E-state index contributed by atoms with van der Waals surface area (Å²) in [6, 6.07) is 0. The molecule has 4 aliphatic carbocycles. The Labute approximate surface area is 196 Å². The van der Waals surface area contributed by atoms with Crippen molar-refractivity contribution in [3.8, 4) is 0 Å². The molecule has 1 N–H and O–H groups in total. The van der Waals surface area contributed by atoms with Gasteiger partial charge in [0, 0.05) is 11.8 Å². The Morgan fingerprint density at radius 3 is 2.56 bits per heavy atom. The molecule has 0 heterocycles. The van der Waals surface area contributed by atoms with Crippen LogP contribution < -0.4 is 0 Å². The van der Waals surface area contributed by atoms with Crippen molar-refractivity contribution >= 4 is 5.78 Å². The van der Waals surface area contributed by atoms with Crippen LogP contribution in [0.15, 0.2) is 34.9 Å². The van der Waals surface area contributed by atoms with Gasteiger partial charge < -0.3 is 5.11 Å². The highest BCUT2D eigenvalue weighted by Gasteiger charge is 2.63. The molecule has 178 valence electrons. The number of rotatable bonds is 5. The Kier molecular flexibility index (Phi) is 5.97. The quantitative estimate of drug-likeness (QED) is 0.453. The van der Waals surface area contributed by atoms with E-state index in [-0.39, 0.29) is 22.9 Å². The van der Waals surface area contributed by atoms with Crippen molar-refractivity contribution in [3.05, 3.63) is 34.9 Å². The summed E-state index contributed by atoms with van der Waals surface area (Å²) in [5.74, 6) is 2.32. The number of fused-ring (bicyclic) bond motifs is 5. The zero-order chi connectivity index (χ0) is 23.5. The Hall–Kier alpha value is -1.15. The lowest BCUT2D eigenvalue weighted by molar-refractivity contribution is -0.138. The Morgan fingerprint density at radius 1 is 1.16 bits per heavy atom. The van der Waals surface area contributed by atoms with Crippen molar-refractivity contribution in [1.29, 1.82) is 0 Å². The van der Waals surface area contributed by atoms with Crippen LogP contribution in [0.4, 0.5) is 0 Å². The van der Waals surface area contributed by atoms with Crippen molar-refractivity contribution in [1.82, 2.24) is 0 Å². The van der Waals surface area contributed by atoms with Gasteiger partial charge in [-0.1, -0.05) is 65.3 Å². The number of ketones is 1. The van der Waals surface area contributed by atoms with Gasteiger partial charge in [0.15, 0.2) is 0 Å². The van der Waals surface area contributed by atoms with E-state index in [0.717, 1.165) is 37.2 Å². The van der Waals surface area contributed by atoms with Gasteiger partial charge in [-0.25, -0.2) is 0 Å². The summed E-state index contributed by atoms with van der Waals surface area (Å²) in [5, 5.41) is 9.30. The molecule has 2 heteroatoms. The molecule has 2 fully saturated rings. The standard InChI is InChI=1S/C30H46O2/c1-20(19-31)9-8-10-21(2)22-13-17-30(7)24-11-12-25-27(3,4)26(32)15-16-28(25,5)23(24)14-18-29(22,30)6/h9,11,14,21-22,25,31H,8,10,12-13,15-19H2,1-7H3/b20-9+/t21-,22+,25-,28+,29+,30-/m0/s1. The van der Waals surface area contributed by atoms with Crippen LogP contribution in [0, 0.1) is 39.4 Å². The third-order valence-electron chi connectivity index (χ3n) is 11.1. The lowest BCUT2D eigenvalue weighted by atomic mass is 9.44. The van der Waals surface area contributed by atoms with Gasteiger partial charge in [0.1, 0.15) is 5.78 Å². The molecule has 4 rings (SSSR count). The Morgan fingerprint density at radius 2 is 1.88 bits per heavy atom. The maximum atomic E-state index is 12.8. The molecule has 0 aromatic rings. The van der Waals surface area contributed by atoms with Gasteiger partial charge in [-0.3, -0.25) is 4.79 Å². The third kappa shape index (κ3) is 3.26. The number of Topliss-reactive ketones (excluding diaryl/α,β-unsaturated/α-hetero) is 1. The minimum absolute atomic E-state index is 0.141.